The van der Waals surface area contributed by atoms with Crippen LogP contribution in [0.5, 0.6) is 0 Å². The molecule has 1 heterocycles. The Balaban J connectivity index is 2.45. The zero-order valence-electron chi connectivity index (χ0n) is 9.40. The maximum Gasteiger partial charge on any atom is 0.357 e. The second-order valence-corrected chi connectivity index (χ2v) is 3.86. The number of hydrogen-bond donors (Lipinski definition) is 0. The van der Waals surface area contributed by atoms with E-state index in [-0.39, 0.29) is 6.04 Å². The van der Waals surface area contributed by atoms with Gasteiger partial charge in [-0.1, -0.05) is 0 Å². The molecular weight excluding hydrogens is 208 g/mol. The van der Waals surface area contributed by atoms with Crippen LogP contribution in [0.4, 0.5) is 0 Å². The standard InChI is InChI=1S/C11H14N2O3/c1-3-16-11(15)10-9(6-14)7(2)12-13(10)8-4-5-8/h6,8H,3-5H2,1-2H3. The molecule has 1 saturated carbocycles. The van der Waals surface area contributed by atoms with Crippen LogP contribution in [0.2, 0.25) is 0 Å². The molecule has 0 N–H and O–H groups in total. The molecule has 0 aliphatic heterocycles. The van der Waals surface area contributed by atoms with Gasteiger partial charge in [0, 0.05) is 0 Å². The molecule has 0 bridgehead atoms. The summed E-state index contributed by atoms with van der Waals surface area (Å²) in [6, 6.07) is 0.256. The van der Waals surface area contributed by atoms with E-state index in [9.17, 15) is 9.59 Å². The summed E-state index contributed by atoms with van der Waals surface area (Å²) in [5, 5.41) is 4.23. The van der Waals surface area contributed by atoms with E-state index in [0.29, 0.717) is 29.8 Å². The Hall–Kier alpha value is -1.65. The fourth-order valence-corrected chi connectivity index (χ4v) is 1.69. The minimum Gasteiger partial charge on any atom is -0.461 e. The number of esters is 1. The Morgan fingerprint density at radius 3 is 2.81 bits per heavy atom. The van der Waals surface area contributed by atoms with E-state index in [1.165, 1.54) is 0 Å². The number of rotatable bonds is 4. The van der Waals surface area contributed by atoms with Crippen molar-refractivity contribution in [3.8, 4) is 0 Å². The van der Waals surface area contributed by atoms with Gasteiger partial charge in [0.1, 0.15) is 0 Å². The number of ether oxygens (including phenoxy) is 1. The van der Waals surface area contributed by atoms with Crippen molar-refractivity contribution in [1.82, 2.24) is 9.78 Å². The van der Waals surface area contributed by atoms with Gasteiger partial charge in [-0.15, -0.1) is 0 Å². The first-order chi connectivity index (χ1) is 7.69. The highest BCUT2D eigenvalue weighted by Gasteiger charge is 2.32. The van der Waals surface area contributed by atoms with E-state index in [1.807, 2.05) is 0 Å². The van der Waals surface area contributed by atoms with Crippen molar-refractivity contribution in [3.63, 3.8) is 0 Å². The number of hydrogen-bond acceptors (Lipinski definition) is 4. The highest BCUT2D eigenvalue weighted by Crippen LogP contribution is 2.36. The van der Waals surface area contributed by atoms with Crippen LogP contribution in [-0.2, 0) is 4.74 Å². The van der Waals surface area contributed by atoms with Crippen molar-refractivity contribution in [1.29, 1.82) is 0 Å². The van der Waals surface area contributed by atoms with Gasteiger partial charge in [-0.3, -0.25) is 9.48 Å². The third kappa shape index (κ3) is 1.73. The Bertz CT molecular complexity index is 433. The van der Waals surface area contributed by atoms with Crippen molar-refractivity contribution in [2.45, 2.75) is 32.7 Å². The van der Waals surface area contributed by atoms with Crippen LogP contribution in [0.1, 0.15) is 52.3 Å². The molecule has 1 aromatic heterocycles. The topological polar surface area (TPSA) is 61.2 Å². The molecule has 0 aromatic carbocycles. The summed E-state index contributed by atoms with van der Waals surface area (Å²) in [6.45, 7) is 3.76. The number of carbonyl (C=O) groups is 2. The molecule has 5 nitrogen and oxygen atoms in total. The number of aromatic nitrogens is 2. The quantitative estimate of drug-likeness (QED) is 0.572. The van der Waals surface area contributed by atoms with Gasteiger partial charge in [0.15, 0.2) is 12.0 Å². The predicted octanol–water partition coefficient (Wildman–Crippen LogP) is 1.52. The normalized spacial score (nSPS) is 14.9. The first kappa shape index (κ1) is 10.9. The Kier molecular flexibility index (Phi) is 2.77. The average Bonchev–Trinajstić information content (AvgIpc) is 3.03. The van der Waals surface area contributed by atoms with E-state index < -0.39 is 5.97 Å². The van der Waals surface area contributed by atoms with Crippen LogP contribution >= 0.6 is 0 Å². The summed E-state index contributed by atoms with van der Waals surface area (Å²) in [6.07, 6.45) is 2.69. The van der Waals surface area contributed by atoms with Crippen LogP contribution in [0.25, 0.3) is 0 Å². The minimum absolute atomic E-state index is 0.256. The lowest BCUT2D eigenvalue weighted by molar-refractivity contribution is 0.0509. The smallest absolute Gasteiger partial charge is 0.357 e. The molecular formula is C11H14N2O3. The van der Waals surface area contributed by atoms with Gasteiger partial charge in [-0.2, -0.15) is 5.10 Å². The van der Waals surface area contributed by atoms with Crippen LogP contribution in [0, 0.1) is 6.92 Å². The lowest BCUT2D eigenvalue weighted by Crippen LogP contribution is -2.14. The van der Waals surface area contributed by atoms with E-state index in [2.05, 4.69) is 5.10 Å². The largest absolute Gasteiger partial charge is 0.461 e. The molecule has 2 rings (SSSR count). The van der Waals surface area contributed by atoms with E-state index >= 15 is 0 Å². The zero-order valence-corrected chi connectivity index (χ0v) is 9.40. The Morgan fingerprint density at radius 1 is 1.62 bits per heavy atom. The molecule has 0 atom stereocenters. The summed E-state index contributed by atoms with van der Waals surface area (Å²) in [5.74, 6) is -0.461. The lowest BCUT2D eigenvalue weighted by Gasteiger charge is -2.05. The van der Waals surface area contributed by atoms with E-state index in [4.69, 9.17) is 4.74 Å². The predicted molar refractivity (Wildman–Crippen MR) is 56.6 cm³/mol. The molecule has 1 fully saturated rings. The van der Waals surface area contributed by atoms with E-state index in [1.54, 1.807) is 18.5 Å². The Morgan fingerprint density at radius 2 is 2.31 bits per heavy atom. The first-order valence-electron chi connectivity index (χ1n) is 5.40. The molecule has 1 aromatic rings. The first-order valence-corrected chi connectivity index (χ1v) is 5.40. The van der Waals surface area contributed by atoms with Crippen LogP contribution in [-0.4, -0.2) is 28.6 Å². The molecule has 5 heteroatoms. The van der Waals surface area contributed by atoms with E-state index in [0.717, 1.165) is 12.8 Å². The fraction of sp³-hybridized carbons (Fsp3) is 0.545. The van der Waals surface area contributed by atoms with Gasteiger partial charge in [0.25, 0.3) is 0 Å². The zero-order chi connectivity index (χ0) is 11.7. The van der Waals surface area contributed by atoms with Gasteiger partial charge in [0.2, 0.25) is 0 Å². The molecule has 1 aliphatic rings. The molecule has 86 valence electrons. The van der Waals surface area contributed by atoms with Gasteiger partial charge in [-0.25, -0.2) is 4.79 Å². The van der Waals surface area contributed by atoms with Crippen LogP contribution in [0.3, 0.4) is 0 Å². The highest BCUT2D eigenvalue weighted by molar-refractivity contribution is 5.97. The lowest BCUT2D eigenvalue weighted by atomic mass is 10.2. The number of nitrogens with zero attached hydrogens (tertiary/aromatic N) is 2. The van der Waals surface area contributed by atoms with Crippen molar-refractivity contribution in [2.24, 2.45) is 0 Å². The molecule has 1 aliphatic carbocycles. The molecule has 0 radical (unpaired) electrons. The Labute approximate surface area is 93.4 Å². The average molecular weight is 222 g/mol. The summed E-state index contributed by atoms with van der Waals surface area (Å²) >= 11 is 0. The van der Waals surface area contributed by atoms with Gasteiger partial charge < -0.3 is 4.74 Å². The van der Waals surface area contributed by atoms with Crippen molar-refractivity contribution < 1.29 is 14.3 Å². The van der Waals surface area contributed by atoms with Crippen LogP contribution in [0.15, 0.2) is 0 Å². The highest BCUT2D eigenvalue weighted by atomic mass is 16.5. The summed E-state index contributed by atoms with van der Waals surface area (Å²) in [7, 11) is 0. The summed E-state index contributed by atoms with van der Waals surface area (Å²) in [4.78, 5) is 22.7. The van der Waals surface area contributed by atoms with Crippen molar-refractivity contribution in [3.05, 3.63) is 17.0 Å². The number of carbonyl (C=O) groups excluding carboxylic acids is 2. The summed E-state index contributed by atoms with van der Waals surface area (Å²) < 4.78 is 6.58. The third-order valence-corrected chi connectivity index (χ3v) is 2.61. The van der Waals surface area contributed by atoms with Gasteiger partial charge >= 0.3 is 5.97 Å². The maximum atomic E-state index is 11.7. The maximum absolute atomic E-state index is 11.7. The molecule has 0 spiro atoms. The van der Waals surface area contributed by atoms with Gasteiger partial charge in [0.05, 0.1) is 23.9 Å². The second-order valence-electron chi connectivity index (χ2n) is 3.86. The molecule has 16 heavy (non-hydrogen) atoms. The fourth-order valence-electron chi connectivity index (χ4n) is 1.69. The van der Waals surface area contributed by atoms with Crippen molar-refractivity contribution in [2.75, 3.05) is 6.61 Å². The summed E-state index contributed by atoms with van der Waals surface area (Å²) in [5.41, 5.74) is 1.24. The molecule has 0 unspecified atom stereocenters. The third-order valence-electron chi connectivity index (χ3n) is 2.61. The SMILES string of the molecule is CCOC(=O)c1c(C=O)c(C)nn1C1CC1. The molecule has 0 saturated heterocycles. The number of aldehydes is 1. The minimum atomic E-state index is -0.461. The molecule has 0 amide bonds. The second kappa shape index (κ2) is 4.08. The van der Waals surface area contributed by atoms with Gasteiger partial charge in [-0.05, 0) is 26.7 Å². The monoisotopic (exact) mass is 222 g/mol. The number of aryl methyl sites for hydroxylation is 1. The van der Waals surface area contributed by atoms with Crippen LogP contribution < -0.4 is 0 Å². The van der Waals surface area contributed by atoms with Crippen molar-refractivity contribution >= 4 is 12.3 Å².